The van der Waals surface area contributed by atoms with E-state index in [1.807, 2.05) is 17.0 Å². The van der Waals surface area contributed by atoms with Crippen molar-refractivity contribution < 1.29 is 14.7 Å². The average Bonchev–Trinajstić information content (AvgIpc) is 3.41. The van der Waals surface area contributed by atoms with Crippen molar-refractivity contribution in [2.24, 2.45) is 11.3 Å². The van der Waals surface area contributed by atoms with E-state index in [0.717, 1.165) is 45.3 Å². The standard InChI is InChI=1S/C21H28N2O3/c1-15-4-2-3-5-17(15)13-23-14-21(12-18(23)20(25)26)8-10-22(11-9-21)19(24)16-6-7-16/h2-5,16,18H,6-14H2,1H3,(H,25,26)/t18-/m0/s1. The maximum absolute atomic E-state index is 12.3. The number of aliphatic carboxylic acids is 1. The van der Waals surface area contributed by atoms with Gasteiger partial charge in [0.1, 0.15) is 6.04 Å². The lowest BCUT2D eigenvalue weighted by atomic mass is 9.76. The van der Waals surface area contributed by atoms with Crippen molar-refractivity contribution in [3.63, 3.8) is 0 Å². The Bertz CT molecular complexity index is 705. The van der Waals surface area contributed by atoms with E-state index in [2.05, 4.69) is 24.0 Å². The number of hydrogen-bond donors (Lipinski definition) is 1. The molecular weight excluding hydrogens is 328 g/mol. The van der Waals surface area contributed by atoms with Crippen LogP contribution < -0.4 is 0 Å². The number of piperidine rings is 1. The van der Waals surface area contributed by atoms with Crippen LogP contribution in [0, 0.1) is 18.3 Å². The quantitative estimate of drug-likeness (QED) is 0.901. The van der Waals surface area contributed by atoms with Gasteiger partial charge in [-0.1, -0.05) is 24.3 Å². The van der Waals surface area contributed by atoms with Crippen LogP contribution in [0.5, 0.6) is 0 Å². The van der Waals surface area contributed by atoms with E-state index in [1.54, 1.807) is 0 Å². The Morgan fingerprint density at radius 1 is 1.19 bits per heavy atom. The zero-order valence-electron chi connectivity index (χ0n) is 15.5. The summed E-state index contributed by atoms with van der Waals surface area (Å²) in [6.45, 7) is 5.18. The monoisotopic (exact) mass is 356 g/mol. The van der Waals surface area contributed by atoms with Gasteiger partial charge in [0.2, 0.25) is 5.91 Å². The SMILES string of the molecule is Cc1ccccc1CN1CC2(CCN(C(=O)C3CC3)CC2)C[C@H]1C(=O)O. The molecule has 1 amide bonds. The Labute approximate surface area is 155 Å². The molecule has 0 bridgehead atoms. The van der Waals surface area contributed by atoms with Gasteiger partial charge < -0.3 is 10.0 Å². The molecule has 5 nitrogen and oxygen atoms in total. The van der Waals surface area contributed by atoms with Gasteiger partial charge in [0.15, 0.2) is 0 Å². The van der Waals surface area contributed by atoms with Crippen molar-refractivity contribution >= 4 is 11.9 Å². The summed E-state index contributed by atoms with van der Waals surface area (Å²) in [7, 11) is 0. The third-order valence-corrected chi connectivity index (χ3v) is 6.59. The number of carboxylic acids is 1. The van der Waals surface area contributed by atoms with Gasteiger partial charge >= 0.3 is 5.97 Å². The Hall–Kier alpha value is -1.88. The molecule has 5 heteroatoms. The third-order valence-electron chi connectivity index (χ3n) is 6.59. The van der Waals surface area contributed by atoms with Gasteiger partial charge in [0.05, 0.1) is 0 Å². The van der Waals surface area contributed by atoms with Gasteiger partial charge in [0, 0.05) is 32.1 Å². The zero-order valence-corrected chi connectivity index (χ0v) is 15.5. The Morgan fingerprint density at radius 3 is 2.50 bits per heavy atom. The molecule has 2 saturated heterocycles. The normalized spacial score (nSPS) is 25.6. The van der Waals surface area contributed by atoms with Gasteiger partial charge in [0.25, 0.3) is 0 Å². The summed E-state index contributed by atoms with van der Waals surface area (Å²) < 4.78 is 0. The van der Waals surface area contributed by atoms with Crippen molar-refractivity contribution in [2.45, 2.75) is 51.6 Å². The zero-order chi connectivity index (χ0) is 18.3. The molecule has 2 aliphatic heterocycles. The van der Waals surface area contributed by atoms with Gasteiger partial charge in [-0.05, 0) is 55.6 Å². The van der Waals surface area contributed by atoms with E-state index >= 15 is 0 Å². The maximum Gasteiger partial charge on any atom is 0.320 e. The molecule has 2 heterocycles. The van der Waals surface area contributed by atoms with Crippen molar-refractivity contribution in [2.75, 3.05) is 19.6 Å². The molecule has 0 radical (unpaired) electrons. The molecule has 3 aliphatic rings. The highest BCUT2D eigenvalue weighted by atomic mass is 16.4. The van der Waals surface area contributed by atoms with Gasteiger partial charge in [-0.25, -0.2) is 0 Å². The number of hydrogen-bond acceptors (Lipinski definition) is 3. The minimum atomic E-state index is -0.716. The van der Waals surface area contributed by atoms with Crippen LogP contribution in [0.3, 0.4) is 0 Å². The highest BCUT2D eigenvalue weighted by Crippen LogP contribution is 2.45. The minimum Gasteiger partial charge on any atom is -0.480 e. The third kappa shape index (κ3) is 3.37. The van der Waals surface area contributed by atoms with E-state index in [0.29, 0.717) is 18.9 Å². The molecule has 1 N–H and O–H groups in total. The molecule has 1 aromatic carbocycles. The number of aryl methyl sites for hydroxylation is 1. The minimum absolute atomic E-state index is 0.0477. The van der Waals surface area contributed by atoms with Crippen LogP contribution in [0.4, 0.5) is 0 Å². The van der Waals surface area contributed by atoms with Crippen molar-refractivity contribution in [1.82, 2.24) is 9.80 Å². The fourth-order valence-electron chi connectivity index (χ4n) is 4.71. The second-order valence-electron chi connectivity index (χ2n) is 8.49. The van der Waals surface area contributed by atoms with E-state index in [-0.39, 0.29) is 11.3 Å². The largest absolute Gasteiger partial charge is 0.480 e. The summed E-state index contributed by atoms with van der Waals surface area (Å²) in [4.78, 5) is 28.3. The van der Waals surface area contributed by atoms with Crippen LogP contribution in [0.15, 0.2) is 24.3 Å². The highest BCUT2D eigenvalue weighted by Gasteiger charge is 2.49. The van der Waals surface area contributed by atoms with Crippen LogP contribution in [-0.4, -0.2) is 52.5 Å². The summed E-state index contributed by atoms with van der Waals surface area (Å²) in [6, 6.07) is 7.80. The summed E-state index contributed by atoms with van der Waals surface area (Å²) >= 11 is 0. The number of rotatable bonds is 4. The smallest absolute Gasteiger partial charge is 0.320 e. The molecule has 26 heavy (non-hydrogen) atoms. The fourth-order valence-corrected chi connectivity index (χ4v) is 4.71. The predicted molar refractivity (Wildman–Crippen MR) is 98.6 cm³/mol. The number of carbonyl (C=O) groups is 2. The number of benzene rings is 1. The average molecular weight is 356 g/mol. The molecule has 140 valence electrons. The molecule has 1 aliphatic carbocycles. The molecule has 1 aromatic rings. The van der Waals surface area contributed by atoms with Crippen LogP contribution in [-0.2, 0) is 16.1 Å². The molecule has 0 aromatic heterocycles. The van der Waals surface area contributed by atoms with Crippen molar-refractivity contribution in [1.29, 1.82) is 0 Å². The lowest BCUT2D eigenvalue weighted by Crippen LogP contribution is -2.44. The lowest BCUT2D eigenvalue weighted by molar-refractivity contribution is -0.142. The molecule has 1 atom stereocenters. The topological polar surface area (TPSA) is 60.9 Å². The van der Waals surface area contributed by atoms with Gasteiger partial charge in [-0.3, -0.25) is 14.5 Å². The van der Waals surface area contributed by atoms with Crippen LogP contribution >= 0.6 is 0 Å². The Balaban J connectivity index is 1.45. The second-order valence-corrected chi connectivity index (χ2v) is 8.49. The van der Waals surface area contributed by atoms with E-state index in [1.165, 1.54) is 11.1 Å². The summed E-state index contributed by atoms with van der Waals surface area (Å²) in [5.74, 6) is -0.117. The Morgan fingerprint density at radius 2 is 1.88 bits per heavy atom. The molecule has 1 spiro atoms. The lowest BCUT2D eigenvalue weighted by Gasteiger charge is -2.39. The van der Waals surface area contributed by atoms with Crippen LogP contribution in [0.1, 0.15) is 43.2 Å². The van der Waals surface area contributed by atoms with E-state index < -0.39 is 12.0 Å². The summed E-state index contributed by atoms with van der Waals surface area (Å²) in [6.07, 6.45) is 4.66. The first-order valence-corrected chi connectivity index (χ1v) is 9.78. The van der Waals surface area contributed by atoms with Crippen molar-refractivity contribution in [3.8, 4) is 0 Å². The summed E-state index contributed by atoms with van der Waals surface area (Å²) in [5, 5.41) is 9.76. The number of nitrogens with zero attached hydrogens (tertiary/aromatic N) is 2. The number of amides is 1. The number of carboxylic acid groups (broad SMARTS) is 1. The number of carbonyl (C=O) groups excluding carboxylic acids is 1. The molecule has 4 rings (SSSR count). The maximum atomic E-state index is 12.3. The molecule has 3 fully saturated rings. The first kappa shape index (κ1) is 17.5. The van der Waals surface area contributed by atoms with Gasteiger partial charge in [-0.2, -0.15) is 0 Å². The first-order chi connectivity index (χ1) is 12.5. The van der Waals surface area contributed by atoms with Crippen LogP contribution in [0.25, 0.3) is 0 Å². The predicted octanol–water partition coefficient (Wildman–Crippen LogP) is 2.67. The van der Waals surface area contributed by atoms with Crippen LogP contribution in [0.2, 0.25) is 0 Å². The first-order valence-electron chi connectivity index (χ1n) is 9.78. The van der Waals surface area contributed by atoms with Crippen molar-refractivity contribution in [3.05, 3.63) is 35.4 Å². The number of likely N-dealkylation sites (tertiary alicyclic amines) is 2. The highest BCUT2D eigenvalue weighted by molar-refractivity contribution is 5.81. The molecule has 1 saturated carbocycles. The van der Waals surface area contributed by atoms with E-state index in [9.17, 15) is 14.7 Å². The molecular formula is C21H28N2O3. The van der Waals surface area contributed by atoms with Gasteiger partial charge in [-0.15, -0.1) is 0 Å². The molecule has 0 unspecified atom stereocenters. The van der Waals surface area contributed by atoms with E-state index in [4.69, 9.17) is 0 Å². The second kappa shape index (κ2) is 6.69. The fraction of sp³-hybridized carbons (Fsp3) is 0.619. The summed E-state index contributed by atoms with van der Waals surface area (Å²) in [5.41, 5.74) is 2.46. The Kier molecular flexibility index (Phi) is 4.51.